The number of nitrogens with one attached hydrogen (secondary N) is 3. The number of carbonyl (C=O) groups is 2. The normalized spacial score (nSPS) is 11.2. The average Bonchev–Trinajstić information content (AvgIpc) is 3.46. The van der Waals surface area contributed by atoms with Crippen LogP contribution in [0.5, 0.6) is 0 Å². The molecule has 0 aliphatic heterocycles. The lowest BCUT2D eigenvalue weighted by molar-refractivity contribution is -0.137. The second-order valence-electron chi connectivity index (χ2n) is 6.58. The molecule has 0 unspecified atom stereocenters. The third kappa shape index (κ3) is 4.83. The summed E-state index contributed by atoms with van der Waals surface area (Å²) in [5, 5.41) is 6.82. The number of rotatable bonds is 5. The summed E-state index contributed by atoms with van der Waals surface area (Å²) in [7, 11) is 0. The number of aromatic amines is 1. The molecule has 0 aliphatic carbocycles. The van der Waals surface area contributed by atoms with Gasteiger partial charge in [-0.25, -0.2) is 9.97 Å². The Morgan fingerprint density at radius 3 is 2.44 bits per heavy atom. The summed E-state index contributed by atoms with van der Waals surface area (Å²) in [6, 6.07) is 11.0. The van der Waals surface area contributed by atoms with Crippen molar-refractivity contribution in [3.8, 4) is 11.3 Å². The number of H-pyrrole nitrogens is 1. The molecular formula is C21H14F3N5O2S. The van der Waals surface area contributed by atoms with E-state index in [4.69, 9.17) is 0 Å². The molecule has 2 heterocycles. The highest BCUT2D eigenvalue weighted by atomic mass is 32.1. The Morgan fingerprint density at radius 1 is 0.969 bits per heavy atom. The number of carbonyl (C=O) groups excluding carboxylic acids is 2. The number of thiazole rings is 1. The van der Waals surface area contributed by atoms with Crippen molar-refractivity contribution in [3.05, 3.63) is 82.4 Å². The van der Waals surface area contributed by atoms with E-state index in [9.17, 15) is 22.8 Å². The minimum absolute atomic E-state index is 0.0864. The van der Waals surface area contributed by atoms with Gasteiger partial charge in [-0.15, -0.1) is 11.3 Å². The zero-order chi connectivity index (χ0) is 22.7. The first-order valence-electron chi connectivity index (χ1n) is 9.13. The average molecular weight is 457 g/mol. The van der Waals surface area contributed by atoms with E-state index in [-0.39, 0.29) is 17.4 Å². The van der Waals surface area contributed by atoms with Crippen LogP contribution in [-0.2, 0) is 6.18 Å². The maximum absolute atomic E-state index is 12.8. The Balaban J connectivity index is 1.42. The number of hydrogen-bond acceptors (Lipinski definition) is 5. The van der Waals surface area contributed by atoms with Gasteiger partial charge in [-0.05, 0) is 35.9 Å². The summed E-state index contributed by atoms with van der Waals surface area (Å²) < 4.78 is 38.5. The highest BCUT2D eigenvalue weighted by Crippen LogP contribution is 2.29. The van der Waals surface area contributed by atoms with E-state index in [0.29, 0.717) is 17.1 Å². The van der Waals surface area contributed by atoms with Gasteiger partial charge in [0.1, 0.15) is 5.69 Å². The Bertz CT molecular complexity index is 1250. The Kier molecular flexibility index (Phi) is 5.73. The molecule has 0 spiro atoms. The molecule has 3 N–H and O–H groups in total. The molecule has 0 radical (unpaired) electrons. The van der Waals surface area contributed by atoms with Crippen LogP contribution in [0.4, 0.5) is 24.8 Å². The minimum atomic E-state index is -4.54. The van der Waals surface area contributed by atoms with Crippen LogP contribution in [0.1, 0.15) is 26.4 Å². The lowest BCUT2D eigenvalue weighted by atomic mass is 10.1. The number of nitrogens with zero attached hydrogens (tertiary/aromatic N) is 2. The van der Waals surface area contributed by atoms with Crippen molar-refractivity contribution in [3.63, 3.8) is 0 Å². The highest BCUT2D eigenvalue weighted by molar-refractivity contribution is 7.07. The van der Waals surface area contributed by atoms with Gasteiger partial charge in [-0.1, -0.05) is 18.2 Å². The van der Waals surface area contributed by atoms with Crippen molar-refractivity contribution < 1.29 is 22.8 Å². The van der Waals surface area contributed by atoms with E-state index >= 15 is 0 Å². The van der Waals surface area contributed by atoms with Crippen LogP contribution in [0.25, 0.3) is 11.3 Å². The molecule has 2 aromatic heterocycles. The number of aromatic nitrogens is 3. The number of amides is 2. The van der Waals surface area contributed by atoms with E-state index < -0.39 is 17.6 Å². The third-order valence-electron chi connectivity index (χ3n) is 4.38. The van der Waals surface area contributed by atoms with Gasteiger partial charge in [0.05, 0.1) is 23.0 Å². The molecule has 7 nitrogen and oxygen atoms in total. The van der Waals surface area contributed by atoms with Gasteiger partial charge in [0.2, 0.25) is 5.95 Å². The fourth-order valence-electron chi connectivity index (χ4n) is 2.80. The van der Waals surface area contributed by atoms with Crippen LogP contribution in [0.3, 0.4) is 0 Å². The summed E-state index contributed by atoms with van der Waals surface area (Å²) in [6.07, 6.45) is -3.06. The first-order chi connectivity index (χ1) is 15.3. The van der Waals surface area contributed by atoms with Crippen molar-refractivity contribution in [2.75, 3.05) is 10.6 Å². The molecule has 2 amide bonds. The van der Waals surface area contributed by atoms with Crippen LogP contribution in [0.2, 0.25) is 0 Å². The fourth-order valence-corrected chi connectivity index (χ4v) is 3.33. The first-order valence-corrected chi connectivity index (χ1v) is 10.1. The molecule has 0 saturated carbocycles. The summed E-state index contributed by atoms with van der Waals surface area (Å²) in [5.41, 5.74) is 2.72. The molecular weight excluding hydrogens is 443 g/mol. The summed E-state index contributed by atoms with van der Waals surface area (Å²) in [6.45, 7) is 0. The lowest BCUT2D eigenvalue weighted by Gasteiger charge is -2.08. The topological polar surface area (TPSA) is 99.8 Å². The van der Waals surface area contributed by atoms with E-state index in [0.717, 1.165) is 17.7 Å². The Labute approximate surface area is 183 Å². The number of hydrogen-bond donors (Lipinski definition) is 3. The minimum Gasteiger partial charge on any atom is -0.324 e. The molecule has 0 fully saturated rings. The van der Waals surface area contributed by atoms with E-state index in [1.807, 2.05) is 0 Å². The zero-order valence-corrected chi connectivity index (χ0v) is 16.9. The molecule has 2 aromatic carbocycles. The van der Waals surface area contributed by atoms with Gasteiger partial charge in [0, 0.05) is 16.6 Å². The fraction of sp³-hybridized carbons (Fsp3) is 0.0476. The van der Waals surface area contributed by atoms with Crippen LogP contribution in [-0.4, -0.2) is 26.8 Å². The number of benzene rings is 2. The smallest absolute Gasteiger partial charge is 0.324 e. The summed E-state index contributed by atoms with van der Waals surface area (Å²) in [4.78, 5) is 35.2. The van der Waals surface area contributed by atoms with Crippen LogP contribution >= 0.6 is 11.3 Å². The van der Waals surface area contributed by atoms with Gasteiger partial charge in [0.25, 0.3) is 11.8 Å². The monoisotopic (exact) mass is 457 g/mol. The van der Waals surface area contributed by atoms with Gasteiger partial charge in [-0.3, -0.25) is 14.9 Å². The molecule has 0 saturated heterocycles. The third-order valence-corrected chi connectivity index (χ3v) is 4.97. The second-order valence-corrected chi connectivity index (χ2v) is 7.30. The van der Waals surface area contributed by atoms with Crippen LogP contribution in [0.15, 0.2) is 65.6 Å². The number of imidazole rings is 1. The van der Waals surface area contributed by atoms with E-state index in [1.165, 1.54) is 29.7 Å². The maximum atomic E-state index is 12.8. The Hall–Kier alpha value is -3.99. The van der Waals surface area contributed by atoms with Crippen molar-refractivity contribution in [1.82, 2.24) is 15.0 Å². The number of anilines is 2. The highest BCUT2D eigenvalue weighted by Gasteiger charge is 2.31. The zero-order valence-electron chi connectivity index (χ0n) is 16.1. The maximum Gasteiger partial charge on any atom is 0.416 e. The molecule has 4 aromatic rings. The lowest BCUT2D eigenvalue weighted by Crippen LogP contribution is -2.14. The molecule has 32 heavy (non-hydrogen) atoms. The van der Waals surface area contributed by atoms with Gasteiger partial charge in [-0.2, -0.15) is 13.2 Å². The molecule has 0 bridgehead atoms. The van der Waals surface area contributed by atoms with Crippen LogP contribution in [0, 0.1) is 0 Å². The van der Waals surface area contributed by atoms with Crippen LogP contribution < -0.4 is 10.6 Å². The first kappa shape index (κ1) is 21.2. The molecule has 162 valence electrons. The largest absolute Gasteiger partial charge is 0.416 e. The quantitative estimate of drug-likeness (QED) is 0.390. The molecule has 4 rings (SSSR count). The van der Waals surface area contributed by atoms with E-state index in [2.05, 4.69) is 25.6 Å². The summed E-state index contributed by atoms with van der Waals surface area (Å²) in [5.74, 6) is -0.958. The predicted octanol–water partition coefficient (Wildman–Crippen LogP) is 5.06. The predicted molar refractivity (Wildman–Crippen MR) is 113 cm³/mol. The van der Waals surface area contributed by atoms with Gasteiger partial charge in [0.15, 0.2) is 0 Å². The van der Waals surface area contributed by atoms with Crippen molar-refractivity contribution >= 4 is 34.8 Å². The second kappa shape index (κ2) is 8.63. The summed E-state index contributed by atoms with van der Waals surface area (Å²) >= 11 is 1.32. The van der Waals surface area contributed by atoms with Gasteiger partial charge < -0.3 is 10.3 Å². The molecule has 0 atom stereocenters. The standard InChI is InChI=1S/C21H14F3N5O2S/c22-21(23,24)14-3-1-2-13(8-14)18(30)29-20-25-9-16(28-20)12-4-6-15(7-5-12)27-19(31)17-10-32-11-26-17/h1-11H,(H,27,31)(H2,25,28,29,30). The number of halogens is 3. The van der Waals surface area contributed by atoms with Crippen molar-refractivity contribution in [2.45, 2.75) is 6.18 Å². The van der Waals surface area contributed by atoms with Gasteiger partial charge >= 0.3 is 6.18 Å². The number of alkyl halides is 3. The molecule has 0 aliphatic rings. The van der Waals surface area contributed by atoms with E-state index in [1.54, 1.807) is 35.2 Å². The van der Waals surface area contributed by atoms with Crippen molar-refractivity contribution in [1.29, 1.82) is 0 Å². The SMILES string of the molecule is O=C(Nc1ncc(-c2ccc(NC(=O)c3cscn3)cc2)[nH]1)c1cccc(C(F)(F)F)c1. The Morgan fingerprint density at radius 2 is 1.75 bits per heavy atom. The van der Waals surface area contributed by atoms with Crippen molar-refractivity contribution in [2.24, 2.45) is 0 Å². The molecule has 11 heteroatoms.